The lowest BCUT2D eigenvalue weighted by Gasteiger charge is -2.08. The maximum absolute atomic E-state index is 5.75. The Kier molecular flexibility index (Phi) is 4.29. The smallest absolute Gasteiger partial charge is 0.190 e. The normalized spacial score (nSPS) is 17.7. The quantitative estimate of drug-likeness (QED) is 0.665. The number of rotatable bonds is 4. The van der Waals surface area contributed by atoms with E-state index in [1.54, 1.807) is 11.8 Å². The molecule has 1 aliphatic heterocycles. The van der Waals surface area contributed by atoms with Gasteiger partial charge in [-0.25, -0.2) is 9.50 Å². The van der Waals surface area contributed by atoms with Crippen LogP contribution in [0.25, 0.3) is 16.8 Å². The third-order valence-electron chi connectivity index (χ3n) is 4.35. The zero-order valence-corrected chi connectivity index (χ0v) is 14.8. The van der Waals surface area contributed by atoms with Crippen LogP contribution in [0.4, 0.5) is 0 Å². The van der Waals surface area contributed by atoms with Crippen molar-refractivity contribution in [2.24, 2.45) is 0 Å². The van der Waals surface area contributed by atoms with Gasteiger partial charge in [0.05, 0.1) is 23.0 Å². The first-order valence-corrected chi connectivity index (χ1v) is 9.38. The number of hydrogen-bond donors (Lipinski definition) is 0. The zero-order chi connectivity index (χ0) is 16.5. The van der Waals surface area contributed by atoms with Crippen molar-refractivity contribution in [2.75, 3.05) is 12.4 Å². The fourth-order valence-corrected chi connectivity index (χ4v) is 4.25. The second kappa shape index (κ2) is 6.57. The van der Waals surface area contributed by atoms with E-state index >= 15 is 0 Å². The topological polar surface area (TPSA) is 39.4 Å². The van der Waals surface area contributed by atoms with E-state index in [-0.39, 0.29) is 0 Å². The number of aromatic nitrogens is 3. The predicted molar refractivity (Wildman–Crippen MR) is 97.6 cm³/mol. The van der Waals surface area contributed by atoms with Crippen molar-refractivity contribution in [3.05, 3.63) is 47.7 Å². The molecular weight excluding hydrogens is 318 g/mol. The Hall–Kier alpha value is -1.85. The molecule has 1 aliphatic rings. The van der Waals surface area contributed by atoms with Crippen LogP contribution >= 0.6 is 11.8 Å². The van der Waals surface area contributed by atoms with Crippen molar-refractivity contribution in [1.29, 1.82) is 0 Å². The van der Waals surface area contributed by atoms with Crippen molar-refractivity contribution in [3.63, 3.8) is 0 Å². The largest absolute Gasteiger partial charge is 0.377 e. The van der Waals surface area contributed by atoms with E-state index in [1.165, 1.54) is 12.0 Å². The molecule has 4 rings (SSSR count). The summed E-state index contributed by atoms with van der Waals surface area (Å²) in [6.07, 6.45) is 2.65. The molecule has 0 radical (unpaired) electrons. The molecule has 1 aromatic carbocycles. The van der Waals surface area contributed by atoms with E-state index in [4.69, 9.17) is 14.8 Å². The maximum Gasteiger partial charge on any atom is 0.190 e. The Morgan fingerprint density at radius 3 is 2.83 bits per heavy atom. The molecule has 0 bridgehead atoms. The molecule has 24 heavy (non-hydrogen) atoms. The summed E-state index contributed by atoms with van der Waals surface area (Å²) in [5.41, 5.74) is 5.46. The lowest BCUT2D eigenvalue weighted by atomic mass is 10.1. The summed E-state index contributed by atoms with van der Waals surface area (Å²) in [4.78, 5) is 4.93. The second-order valence-corrected chi connectivity index (χ2v) is 7.27. The van der Waals surface area contributed by atoms with Gasteiger partial charge < -0.3 is 4.74 Å². The first-order chi connectivity index (χ1) is 11.7. The van der Waals surface area contributed by atoms with Gasteiger partial charge in [0.2, 0.25) is 0 Å². The average molecular weight is 339 g/mol. The van der Waals surface area contributed by atoms with Crippen molar-refractivity contribution in [2.45, 2.75) is 37.9 Å². The Bertz CT molecular complexity index is 854. The number of fused-ring (bicyclic) bond motifs is 1. The highest BCUT2D eigenvalue weighted by Crippen LogP contribution is 2.31. The van der Waals surface area contributed by atoms with Gasteiger partial charge in [0.25, 0.3) is 0 Å². The molecule has 1 fully saturated rings. The standard InChI is InChI=1S/C19H21N3OS/c1-13-11-14(2)21-22-18(13)17(15-7-4-3-5-8-15)20-19(22)24-12-16-9-6-10-23-16/h3-5,7-8,11,16H,6,9-10,12H2,1-2H3. The van der Waals surface area contributed by atoms with Gasteiger partial charge in [-0.3, -0.25) is 0 Å². The van der Waals surface area contributed by atoms with Gasteiger partial charge in [-0.05, 0) is 38.3 Å². The van der Waals surface area contributed by atoms with Gasteiger partial charge in [-0.15, -0.1) is 0 Å². The third-order valence-corrected chi connectivity index (χ3v) is 5.41. The van der Waals surface area contributed by atoms with E-state index in [0.29, 0.717) is 6.10 Å². The van der Waals surface area contributed by atoms with E-state index in [2.05, 4.69) is 37.3 Å². The highest BCUT2D eigenvalue weighted by Gasteiger charge is 2.20. The van der Waals surface area contributed by atoms with Crippen LogP contribution in [0.15, 0.2) is 41.6 Å². The van der Waals surface area contributed by atoms with E-state index in [1.807, 2.05) is 17.5 Å². The minimum atomic E-state index is 0.341. The molecule has 0 aliphatic carbocycles. The van der Waals surface area contributed by atoms with Crippen LogP contribution in [0.1, 0.15) is 24.1 Å². The number of aryl methyl sites for hydroxylation is 2. The molecule has 1 saturated heterocycles. The predicted octanol–water partition coefficient (Wildman–Crippen LogP) is 4.28. The number of imidazole rings is 1. The van der Waals surface area contributed by atoms with Crippen LogP contribution in [-0.4, -0.2) is 33.1 Å². The molecule has 124 valence electrons. The van der Waals surface area contributed by atoms with Gasteiger partial charge in [0.1, 0.15) is 0 Å². The highest BCUT2D eigenvalue weighted by molar-refractivity contribution is 7.99. The number of nitrogens with zero attached hydrogens (tertiary/aromatic N) is 3. The van der Waals surface area contributed by atoms with Crippen molar-refractivity contribution in [3.8, 4) is 11.3 Å². The van der Waals surface area contributed by atoms with Crippen LogP contribution in [-0.2, 0) is 4.74 Å². The number of benzene rings is 1. The minimum absolute atomic E-state index is 0.341. The first-order valence-electron chi connectivity index (χ1n) is 8.39. The summed E-state index contributed by atoms with van der Waals surface area (Å²) in [6.45, 7) is 5.05. The van der Waals surface area contributed by atoms with E-state index in [0.717, 1.165) is 46.4 Å². The summed E-state index contributed by atoms with van der Waals surface area (Å²) in [5.74, 6) is 0.933. The van der Waals surface area contributed by atoms with Crippen LogP contribution in [0.5, 0.6) is 0 Å². The molecule has 0 spiro atoms. The molecule has 5 heteroatoms. The van der Waals surface area contributed by atoms with E-state index < -0.39 is 0 Å². The fraction of sp³-hybridized carbons (Fsp3) is 0.368. The second-order valence-electron chi connectivity index (χ2n) is 6.28. The molecule has 4 nitrogen and oxygen atoms in total. The van der Waals surface area contributed by atoms with Crippen molar-refractivity contribution in [1.82, 2.24) is 14.6 Å². The summed E-state index contributed by atoms with van der Waals surface area (Å²) < 4.78 is 7.75. The molecule has 0 saturated carbocycles. The molecule has 0 N–H and O–H groups in total. The van der Waals surface area contributed by atoms with Gasteiger partial charge in [0, 0.05) is 17.9 Å². The number of thioether (sulfide) groups is 1. The monoisotopic (exact) mass is 339 g/mol. The van der Waals surface area contributed by atoms with Crippen LogP contribution in [0.3, 0.4) is 0 Å². The maximum atomic E-state index is 5.75. The Balaban J connectivity index is 1.78. The van der Waals surface area contributed by atoms with Crippen molar-refractivity contribution >= 4 is 17.3 Å². The summed E-state index contributed by atoms with van der Waals surface area (Å²) in [6, 6.07) is 12.5. The summed E-state index contributed by atoms with van der Waals surface area (Å²) in [5, 5.41) is 5.67. The van der Waals surface area contributed by atoms with Crippen LogP contribution in [0.2, 0.25) is 0 Å². The van der Waals surface area contributed by atoms with E-state index in [9.17, 15) is 0 Å². The first kappa shape index (κ1) is 15.7. The number of ether oxygens (including phenoxy) is 1. The highest BCUT2D eigenvalue weighted by atomic mass is 32.2. The zero-order valence-electron chi connectivity index (χ0n) is 14.0. The summed E-state index contributed by atoms with van der Waals surface area (Å²) in [7, 11) is 0. The van der Waals surface area contributed by atoms with Crippen LogP contribution in [0, 0.1) is 13.8 Å². The Morgan fingerprint density at radius 2 is 2.08 bits per heavy atom. The molecule has 2 aromatic heterocycles. The lowest BCUT2D eigenvalue weighted by Crippen LogP contribution is -2.08. The van der Waals surface area contributed by atoms with Crippen molar-refractivity contribution < 1.29 is 4.74 Å². The average Bonchev–Trinajstić information content (AvgIpc) is 3.21. The van der Waals surface area contributed by atoms with Gasteiger partial charge in [0.15, 0.2) is 5.16 Å². The molecule has 3 aromatic rings. The van der Waals surface area contributed by atoms with Crippen LogP contribution < -0.4 is 0 Å². The molecule has 1 unspecified atom stereocenters. The van der Waals surface area contributed by atoms with Gasteiger partial charge in [-0.2, -0.15) is 5.10 Å². The minimum Gasteiger partial charge on any atom is -0.377 e. The Labute approximate surface area is 146 Å². The Morgan fingerprint density at radius 1 is 1.25 bits per heavy atom. The number of hydrogen-bond acceptors (Lipinski definition) is 4. The molecular formula is C19H21N3OS. The molecule has 1 atom stereocenters. The third kappa shape index (κ3) is 2.94. The molecule has 0 amide bonds. The lowest BCUT2D eigenvalue weighted by molar-refractivity contribution is 0.129. The fourth-order valence-electron chi connectivity index (χ4n) is 3.24. The SMILES string of the molecule is Cc1cc(C)c2c(-c3ccccc3)nc(SCC3CCCO3)n2n1. The van der Waals surface area contributed by atoms with Gasteiger partial charge in [-0.1, -0.05) is 42.1 Å². The molecule has 3 heterocycles. The summed E-state index contributed by atoms with van der Waals surface area (Å²) >= 11 is 1.74. The van der Waals surface area contributed by atoms with Gasteiger partial charge >= 0.3 is 0 Å².